The summed E-state index contributed by atoms with van der Waals surface area (Å²) in [6.45, 7) is 2.85. The van der Waals surface area contributed by atoms with Crippen LogP contribution in [0.5, 0.6) is 11.5 Å². The summed E-state index contributed by atoms with van der Waals surface area (Å²) in [6.07, 6.45) is 6.85. The van der Waals surface area contributed by atoms with E-state index in [0.29, 0.717) is 18.8 Å². The van der Waals surface area contributed by atoms with Crippen molar-refractivity contribution in [2.24, 2.45) is 0 Å². The molecule has 1 fully saturated rings. The van der Waals surface area contributed by atoms with Crippen LogP contribution in [0.15, 0.2) is 36.5 Å². The van der Waals surface area contributed by atoms with Gasteiger partial charge in [0.05, 0.1) is 7.11 Å². The molecule has 28 heavy (non-hydrogen) atoms. The first kappa shape index (κ1) is 19.8. The maximum Gasteiger partial charge on any atom is 0.315 e. The monoisotopic (exact) mass is 384 g/mol. The van der Waals surface area contributed by atoms with Crippen LogP contribution < -0.4 is 20.3 Å². The summed E-state index contributed by atoms with van der Waals surface area (Å²) in [5, 5.41) is 15.4. The molecule has 1 saturated heterocycles. The van der Waals surface area contributed by atoms with E-state index in [9.17, 15) is 9.90 Å². The van der Waals surface area contributed by atoms with Crippen molar-refractivity contribution >= 4 is 11.8 Å². The highest BCUT2D eigenvalue weighted by atomic mass is 16.5. The molecule has 0 spiro atoms. The van der Waals surface area contributed by atoms with Crippen molar-refractivity contribution in [3.8, 4) is 11.5 Å². The van der Waals surface area contributed by atoms with Crippen LogP contribution in [-0.4, -0.2) is 36.3 Å². The van der Waals surface area contributed by atoms with Gasteiger partial charge in [-0.2, -0.15) is 0 Å². The molecule has 0 atom stereocenters. The highest BCUT2D eigenvalue weighted by Crippen LogP contribution is 2.26. The number of hydrogen-bond acceptors (Lipinski definition) is 5. The first-order valence-electron chi connectivity index (χ1n) is 9.73. The Bertz CT molecular complexity index is 772. The van der Waals surface area contributed by atoms with Gasteiger partial charge in [-0.15, -0.1) is 0 Å². The zero-order chi connectivity index (χ0) is 19.8. The Labute approximate surface area is 165 Å². The fourth-order valence-corrected chi connectivity index (χ4v) is 3.28. The summed E-state index contributed by atoms with van der Waals surface area (Å²) in [5.74, 6) is 1.47. The second kappa shape index (κ2) is 9.82. The van der Waals surface area contributed by atoms with Crippen LogP contribution in [0.2, 0.25) is 0 Å². The maximum atomic E-state index is 12.0. The summed E-state index contributed by atoms with van der Waals surface area (Å²) in [4.78, 5) is 18.9. The number of ether oxygens (including phenoxy) is 1. The third-order valence-corrected chi connectivity index (χ3v) is 4.89. The number of carbonyl (C=O) groups excluding carboxylic acids is 1. The molecule has 1 aliphatic rings. The first-order valence-corrected chi connectivity index (χ1v) is 9.73. The van der Waals surface area contributed by atoms with Crippen molar-refractivity contribution in [3.05, 3.63) is 47.7 Å². The van der Waals surface area contributed by atoms with E-state index in [-0.39, 0.29) is 11.8 Å². The Hall–Kier alpha value is -2.96. The number of urea groups is 1. The van der Waals surface area contributed by atoms with Crippen molar-refractivity contribution in [2.45, 2.75) is 38.8 Å². The van der Waals surface area contributed by atoms with Gasteiger partial charge in [-0.25, -0.2) is 9.78 Å². The summed E-state index contributed by atoms with van der Waals surface area (Å²) in [5.41, 5.74) is 1.74. The molecule has 2 aromatic rings. The fourth-order valence-electron chi connectivity index (χ4n) is 3.28. The number of aromatic nitrogens is 1. The molecule has 3 N–H and O–H groups in total. The number of rotatable bonds is 6. The number of hydrogen-bond donors (Lipinski definition) is 3. The van der Waals surface area contributed by atoms with E-state index in [1.54, 1.807) is 18.2 Å². The molecule has 0 bridgehead atoms. The lowest BCUT2D eigenvalue weighted by atomic mass is 10.2. The van der Waals surface area contributed by atoms with Crippen molar-refractivity contribution in [1.29, 1.82) is 0 Å². The van der Waals surface area contributed by atoms with Gasteiger partial charge < -0.3 is 25.4 Å². The quantitative estimate of drug-likeness (QED) is 0.712. The largest absolute Gasteiger partial charge is 0.504 e. The Balaban J connectivity index is 1.44. The van der Waals surface area contributed by atoms with Crippen LogP contribution >= 0.6 is 0 Å². The Morgan fingerprint density at radius 1 is 1.07 bits per heavy atom. The molecule has 1 aliphatic heterocycles. The molecule has 0 radical (unpaired) electrons. The normalized spacial score (nSPS) is 14.2. The van der Waals surface area contributed by atoms with Crippen LogP contribution in [0.25, 0.3) is 0 Å². The molecule has 150 valence electrons. The van der Waals surface area contributed by atoms with Crippen molar-refractivity contribution in [3.63, 3.8) is 0 Å². The van der Waals surface area contributed by atoms with Crippen molar-refractivity contribution in [2.75, 3.05) is 25.1 Å². The van der Waals surface area contributed by atoms with E-state index in [2.05, 4.69) is 20.5 Å². The lowest BCUT2D eigenvalue weighted by Gasteiger charge is -2.21. The number of aromatic hydroxyl groups is 1. The number of phenols is 1. The SMILES string of the molecule is COc1ccc(CNC(=O)NCc2ccc(N3CCCCCC3)nc2)cc1O. The van der Waals surface area contributed by atoms with E-state index in [1.165, 1.54) is 32.8 Å². The molecule has 0 unspecified atom stereocenters. The predicted octanol–water partition coefficient (Wildman–Crippen LogP) is 3.18. The Morgan fingerprint density at radius 3 is 2.36 bits per heavy atom. The fraction of sp³-hybridized carbons (Fsp3) is 0.429. The molecule has 2 amide bonds. The molecule has 0 saturated carbocycles. The summed E-state index contributed by atoms with van der Waals surface area (Å²) >= 11 is 0. The molecular formula is C21H28N4O3. The van der Waals surface area contributed by atoms with Crippen LogP contribution in [0.4, 0.5) is 10.6 Å². The number of nitrogens with zero attached hydrogens (tertiary/aromatic N) is 2. The molecule has 7 heteroatoms. The molecule has 0 aliphatic carbocycles. The van der Waals surface area contributed by atoms with Crippen LogP contribution in [-0.2, 0) is 13.1 Å². The molecule has 1 aromatic heterocycles. The maximum absolute atomic E-state index is 12.0. The number of pyridine rings is 1. The number of benzene rings is 1. The van der Waals surface area contributed by atoms with Gasteiger partial charge in [0.15, 0.2) is 11.5 Å². The minimum absolute atomic E-state index is 0.0535. The van der Waals surface area contributed by atoms with Crippen LogP contribution in [0, 0.1) is 0 Å². The molecule has 3 rings (SSSR count). The molecule has 7 nitrogen and oxygen atoms in total. The van der Waals surface area contributed by atoms with Crippen LogP contribution in [0.3, 0.4) is 0 Å². The first-order chi connectivity index (χ1) is 13.7. The predicted molar refractivity (Wildman–Crippen MR) is 109 cm³/mol. The number of amides is 2. The summed E-state index contributed by atoms with van der Waals surface area (Å²) < 4.78 is 5.01. The topological polar surface area (TPSA) is 86.7 Å². The average Bonchev–Trinajstić information content (AvgIpc) is 3.01. The van der Waals surface area contributed by atoms with Gasteiger partial charge in [0, 0.05) is 32.4 Å². The third-order valence-electron chi connectivity index (χ3n) is 4.89. The molecule has 2 heterocycles. The second-order valence-electron chi connectivity index (χ2n) is 6.97. The second-order valence-corrected chi connectivity index (χ2v) is 6.97. The van der Waals surface area contributed by atoms with Gasteiger partial charge >= 0.3 is 6.03 Å². The zero-order valence-electron chi connectivity index (χ0n) is 16.3. The van der Waals surface area contributed by atoms with Gasteiger partial charge in [0.2, 0.25) is 0 Å². The number of methoxy groups -OCH3 is 1. The number of carbonyl (C=O) groups is 1. The summed E-state index contributed by atoms with van der Waals surface area (Å²) in [6, 6.07) is 8.80. The lowest BCUT2D eigenvalue weighted by Crippen LogP contribution is -2.34. The molecule has 1 aromatic carbocycles. The van der Waals surface area contributed by atoms with E-state index in [4.69, 9.17) is 4.74 Å². The standard InChI is InChI=1S/C21H28N4O3/c1-28-19-8-6-16(12-18(19)26)13-23-21(27)24-15-17-7-9-20(22-14-17)25-10-4-2-3-5-11-25/h6-9,12,14,26H,2-5,10-11,13,15H2,1H3,(H2,23,24,27). The number of nitrogens with one attached hydrogen (secondary N) is 2. The van der Waals surface area contributed by atoms with Gasteiger partial charge in [0.1, 0.15) is 5.82 Å². The highest BCUT2D eigenvalue weighted by molar-refractivity contribution is 5.73. The minimum Gasteiger partial charge on any atom is -0.504 e. The van der Waals surface area contributed by atoms with Gasteiger partial charge in [0.25, 0.3) is 0 Å². The van der Waals surface area contributed by atoms with Crippen LogP contribution in [0.1, 0.15) is 36.8 Å². The lowest BCUT2D eigenvalue weighted by molar-refractivity contribution is 0.240. The van der Waals surface area contributed by atoms with Crippen molar-refractivity contribution < 1.29 is 14.6 Å². The van der Waals surface area contributed by atoms with Crippen molar-refractivity contribution in [1.82, 2.24) is 15.6 Å². The average molecular weight is 384 g/mol. The van der Waals surface area contributed by atoms with Gasteiger partial charge in [-0.1, -0.05) is 25.0 Å². The van der Waals surface area contributed by atoms with E-state index in [0.717, 1.165) is 30.0 Å². The highest BCUT2D eigenvalue weighted by Gasteiger charge is 2.11. The van der Waals surface area contributed by atoms with E-state index < -0.39 is 0 Å². The zero-order valence-corrected chi connectivity index (χ0v) is 16.3. The van der Waals surface area contributed by atoms with E-state index in [1.807, 2.05) is 18.3 Å². The van der Waals surface area contributed by atoms with E-state index >= 15 is 0 Å². The summed E-state index contributed by atoms with van der Waals surface area (Å²) in [7, 11) is 1.50. The number of phenolic OH excluding ortho intramolecular Hbond substituents is 1. The van der Waals surface area contributed by atoms with Gasteiger partial charge in [-0.05, 0) is 42.2 Å². The Kier molecular flexibility index (Phi) is 6.94. The Morgan fingerprint density at radius 2 is 1.75 bits per heavy atom. The third kappa shape index (κ3) is 5.52. The molecular weight excluding hydrogens is 356 g/mol. The number of anilines is 1. The van der Waals surface area contributed by atoms with Gasteiger partial charge in [-0.3, -0.25) is 0 Å². The minimum atomic E-state index is -0.271. The smallest absolute Gasteiger partial charge is 0.315 e.